The first-order chi connectivity index (χ1) is 14.5. The number of hydrogen-bond acceptors (Lipinski definition) is 4. The van der Waals surface area contributed by atoms with Gasteiger partial charge in [0.05, 0.1) is 17.8 Å². The van der Waals surface area contributed by atoms with E-state index in [2.05, 4.69) is 4.98 Å². The maximum Gasteiger partial charge on any atom is 0.238 e. The molecule has 4 rings (SSSR count). The normalized spacial score (nSPS) is 11.6. The molecular weight excluding hydrogens is 398 g/mol. The van der Waals surface area contributed by atoms with Crippen molar-refractivity contribution in [2.75, 3.05) is 6.61 Å². The molecule has 0 unspecified atom stereocenters. The monoisotopic (exact) mass is 421 g/mol. The van der Waals surface area contributed by atoms with Crippen molar-refractivity contribution in [3.63, 3.8) is 0 Å². The predicted molar refractivity (Wildman–Crippen MR) is 117 cm³/mol. The average Bonchev–Trinajstić information content (AvgIpc) is 3.28. The van der Waals surface area contributed by atoms with Crippen LogP contribution in [0.5, 0.6) is 5.75 Å². The largest absolute Gasteiger partial charge is 0.494 e. The number of aryl methyl sites for hydroxylation is 1. The Balaban J connectivity index is 1.37. The smallest absolute Gasteiger partial charge is 0.238 e. The van der Waals surface area contributed by atoms with E-state index in [0.717, 1.165) is 40.6 Å². The minimum absolute atomic E-state index is 0.206. The molecule has 0 bridgehead atoms. The number of fused-ring (bicyclic) bond motifs is 1. The Morgan fingerprint density at radius 1 is 0.967 bits per heavy atom. The summed E-state index contributed by atoms with van der Waals surface area (Å²) in [4.78, 5) is 4.25. The number of nitrogens with zero attached hydrogens (tertiary/aromatic N) is 2. The highest BCUT2D eigenvalue weighted by Gasteiger charge is 2.16. The van der Waals surface area contributed by atoms with Gasteiger partial charge in [0.25, 0.3) is 0 Å². The quantitative estimate of drug-likeness (QED) is 0.434. The lowest BCUT2D eigenvalue weighted by molar-refractivity contribution is 0.307. The average molecular weight is 422 g/mol. The van der Waals surface area contributed by atoms with Crippen LogP contribution in [-0.2, 0) is 16.4 Å². The van der Waals surface area contributed by atoms with Gasteiger partial charge in [0, 0.05) is 18.1 Å². The zero-order valence-corrected chi connectivity index (χ0v) is 17.3. The lowest BCUT2D eigenvalue weighted by Crippen LogP contribution is -2.15. The predicted octanol–water partition coefficient (Wildman–Crippen LogP) is 4.07. The van der Waals surface area contributed by atoms with Crippen molar-refractivity contribution in [1.82, 2.24) is 9.55 Å². The first kappa shape index (κ1) is 20.1. The number of unbranched alkanes of at least 4 members (excludes halogenated alkanes) is 1. The fourth-order valence-electron chi connectivity index (χ4n) is 3.56. The van der Waals surface area contributed by atoms with Crippen molar-refractivity contribution in [2.45, 2.75) is 24.2 Å². The van der Waals surface area contributed by atoms with Gasteiger partial charge in [-0.3, -0.25) is 0 Å². The second-order valence-electron chi connectivity index (χ2n) is 7.08. The molecule has 0 aliphatic rings. The van der Waals surface area contributed by atoms with E-state index in [0.29, 0.717) is 13.0 Å². The third kappa shape index (κ3) is 4.53. The Kier molecular flexibility index (Phi) is 5.83. The highest BCUT2D eigenvalue weighted by molar-refractivity contribution is 7.89. The lowest BCUT2D eigenvalue weighted by Gasteiger charge is -2.12. The van der Waals surface area contributed by atoms with Gasteiger partial charge in [-0.1, -0.05) is 30.3 Å². The van der Waals surface area contributed by atoms with Gasteiger partial charge >= 0.3 is 0 Å². The zero-order chi connectivity index (χ0) is 21.0. The van der Waals surface area contributed by atoms with Crippen molar-refractivity contribution in [2.24, 2.45) is 5.14 Å². The number of benzene rings is 3. The molecule has 0 aliphatic carbocycles. The van der Waals surface area contributed by atoms with Crippen LogP contribution < -0.4 is 9.88 Å². The van der Waals surface area contributed by atoms with Gasteiger partial charge < -0.3 is 9.30 Å². The SMILES string of the molecule is NS(=O)(=O)c1ccc2ccccc2c1CCCCOc1ccc(-n2ccnc2)cc1. The fourth-order valence-corrected chi connectivity index (χ4v) is 4.37. The van der Waals surface area contributed by atoms with Crippen LogP contribution in [0.25, 0.3) is 16.5 Å². The Morgan fingerprint density at radius 2 is 1.77 bits per heavy atom. The van der Waals surface area contributed by atoms with E-state index < -0.39 is 10.0 Å². The van der Waals surface area contributed by atoms with Crippen LogP contribution in [0, 0.1) is 0 Å². The summed E-state index contributed by atoms with van der Waals surface area (Å²) in [6.07, 6.45) is 7.59. The third-order valence-corrected chi connectivity index (χ3v) is 6.03. The second kappa shape index (κ2) is 8.69. The molecule has 1 aromatic heterocycles. The van der Waals surface area contributed by atoms with E-state index in [9.17, 15) is 8.42 Å². The summed E-state index contributed by atoms with van der Waals surface area (Å²) in [5.74, 6) is 0.800. The van der Waals surface area contributed by atoms with Crippen LogP contribution in [0.15, 0.2) is 84.3 Å². The molecule has 4 aromatic rings. The molecule has 2 N–H and O–H groups in total. The van der Waals surface area contributed by atoms with E-state index >= 15 is 0 Å². The first-order valence-corrected chi connectivity index (χ1v) is 11.3. The van der Waals surface area contributed by atoms with Crippen molar-refractivity contribution in [3.05, 3.63) is 84.9 Å². The van der Waals surface area contributed by atoms with Crippen LogP contribution in [0.2, 0.25) is 0 Å². The molecular formula is C23H23N3O3S. The zero-order valence-electron chi connectivity index (χ0n) is 16.4. The molecule has 0 fully saturated rings. The minimum atomic E-state index is -3.77. The molecule has 0 radical (unpaired) electrons. The molecule has 0 spiro atoms. The third-order valence-electron chi connectivity index (χ3n) is 5.03. The Hall–Kier alpha value is -3.16. The molecule has 0 atom stereocenters. The molecule has 7 heteroatoms. The summed E-state index contributed by atoms with van der Waals surface area (Å²) in [5.41, 5.74) is 1.80. The molecule has 0 saturated carbocycles. The van der Waals surface area contributed by atoms with Crippen LogP contribution in [0.3, 0.4) is 0 Å². The fraction of sp³-hybridized carbons (Fsp3) is 0.174. The molecule has 1 heterocycles. The van der Waals surface area contributed by atoms with Crippen molar-refractivity contribution in [3.8, 4) is 11.4 Å². The van der Waals surface area contributed by atoms with Gasteiger partial charge in [0.1, 0.15) is 5.75 Å². The second-order valence-corrected chi connectivity index (χ2v) is 8.61. The standard InChI is InChI=1S/C23H23N3O3S/c24-30(27,28)23-13-8-18-5-1-2-6-21(18)22(23)7-3-4-16-29-20-11-9-19(10-12-20)26-15-14-25-17-26/h1-2,5-6,8-15,17H,3-4,7,16H2,(H2,24,27,28). The van der Waals surface area contributed by atoms with Gasteiger partial charge in [0.15, 0.2) is 0 Å². The molecule has 6 nitrogen and oxygen atoms in total. The van der Waals surface area contributed by atoms with Gasteiger partial charge in [-0.25, -0.2) is 18.5 Å². The Labute approximate surface area is 176 Å². The molecule has 154 valence electrons. The number of imidazole rings is 1. The van der Waals surface area contributed by atoms with Crippen LogP contribution in [0.1, 0.15) is 18.4 Å². The van der Waals surface area contributed by atoms with E-state index in [1.54, 1.807) is 24.7 Å². The summed E-state index contributed by atoms with van der Waals surface area (Å²) in [6, 6.07) is 19.0. The molecule has 30 heavy (non-hydrogen) atoms. The number of aromatic nitrogens is 2. The summed E-state index contributed by atoms with van der Waals surface area (Å²) < 4.78 is 31.8. The van der Waals surface area contributed by atoms with Crippen LogP contribution >= 0.6 is 0 Å². The maximum atomic E-state index is 12.0. The van der Waals surface area contributed by atoms with Crippen LogP contribution in [-0.4, -0.2) is 24.6 Å². The van der Waals surface area contributed by atoms with Gasteiger partial charge in [0.2, 0.25) is 10.0 Å². The van der Waals surface area contributed by atoms with E-state index in [4.69, 9.17) is 9.88 Å². The summed E-state index contributed by atoms with van der Waals surface area (Å²) in [7, 11) is -3.77. The molecule has 0 saturated heterocycles. The molecule has 0 amide bonds. The first-order valence-electron chi connectivity index (χ1n) is 9.77. The molecule has 3 aromatic carbocycles. The van der Waals surface area contributed by atoms with Crippen molar-refractivity contribution < 1.29 is 13.2 Å². The van der Waals surface area contributed by atoms with E-state index in [-0.39, 0.29) is 4.90 Å². The highest BCUT2D eigenvalue weighted by Crippen LogP contribution is 2.27. The van der Waals surface area contributed by atoms with Crippen molar-refractivity contribution in [1.29, 1.82) is 0 Å². The number of hydrogen-bond donors (Lipinski definition) is 1. The van der Waals surface area contributed by atoms with Gasteiger partial charge in [-0.15, -0.1) is 0 Å². The maximum absolute atomic E-state index is 12.0. The Bertz CT molecular complexity index is 1230. The van der Waals surface area contributed by atoms with Crippen molar-refractivity contribution >= 4 is 20.8 Å². The van der Waals surface area contributed by atoms with Gasteiger partial charge in [-0.2, -0.15) is 0 Å². The number of nitrogens with two attached hydrogens (primary N) is 1. The van der Waals surface area contributed by atoms with Crippen LogP contribution in [0.4, 0.5) is 0 Å². The molecule has 0 aliphatic heterocycles. The van der Waals surface area contributed by atoms with E-state index in [1.807, 2.05) is 59.3 Å². The number of rotatable bonds is 8. The summed E-state index contributed by atoms with van der Waals surface area (Å²) in [6.45, 7) is 0.555. The van der Waals surface area contributed by atoms with Gasteiger partial charge in [-0.05, 0) is 65.9 Å². The number of primary sulfonamides is 1. The van der Waals surface area contributed by atoms with E-state index in [1.165, 1.54) is 0 Å². The topological polar surface area (TPSA) is 87.2 Å². The number of sulfonamides is 1. The summed E-state index contributed by atoms with van der Waals surface area (Å²) in [5, 5.41) is 7.38. The lowest BCUT2D eigenvalue weighted by atomic mass is 10.00. The minimum Gasteiger partial charge on any atom is -0.494 e. The Morgan fingerprint density at radius 3 is 2.50 bits per heavy atom. The highest BCUT2D eigenvalue weighted by atomic mass is 32.2. The number of ether oxygens (including phenoxy) is 1. The summed E-state index contributed by atoms with van der Waals surface area (Å²) >= 11 is 0.